The first-order chi connectivity index (χ1) is 12.3. The second-order valence-electron chi connectivity index (χ2n) is 5.66. The van der Waals surface area contributed by atoms with Gasteiger partial charge < -0.3 is 14.8 Å². The molecule has 0 saturated heterocycles. The van der Waals surface area contributed by atoms with Gasteiger partial charge in [0.2, 0.25) is 15.9 Å². The van der Waals surface area contributed by atoms with Gasteiger partial charge in [-0.05, 0) is 49.4 Å². The van der Waals surface area contributed by atoms with Gasteiger partial charge in [-0.3, -0.25) is 4.79 Å². The first-order valence-electron chi connectivity index (χ1n) is 7.88. The Morgan fingerprint density at radius 2 is 1.69 bits per heavy atom. The zero-order valence-corrected chi connectivity index (χ0v) is 15.9. The number of benzene rings is 2. The fourth-order valence-electron chi connectivity index (χ4n) is 2.46. The number of carbonyl (C=O) groups is 1. The molecule has 0 fully saturated rings. The molecule has 1 atom stereocenters. The zero-order chi connectivity index (χ0) is 19.3. The van der Waals surface area contributed by atoms with E-state index in [0.29, 0.717) is 22.7 Å². The highest BCUT2D eigenvalue weighted by molar-refractivity contribution is 7.89. The molecule has 0 aliphatic rings. The van der Waals surface area contributed by atoms with Crippen LogP contribution >= 0.6 is 0 Å². The molecule has 0 radical (unpaired) electrons. The van der Waals surface area contributed by atoms with Crippen LogP contribution in [0.25, 0.3) is 0 Å². The van der Waals surface area contributed by atoms with Gasteiger partial charge in [0.25, 0.3) is 0 Å². The number of sulfonamides is 1. The Morgan fingerprint density at radius 3 is 2.23 bits per heavy atom. The van der Waals surface area contributed by atoms with Gasteiger partial charge in [-0.1, -0.05) is 0 Å². The van der Waals surface area contributed by atoms with Gasteiger partial charge in [0, 0.05) is 24.2 Å². The minimum atomic E-state index is -3.76. The number of carbonyl (C=O) groups excluding carboxylic acids is 1. The summed E-state index contributed by atoms with van der Waals surface area (Å²) >= 11 is 0. The monoisotopic (exact) mass is 378 g/mol. The van der Waals surface area contributed by atoms with E-state index in [1.165, 1.54) is 45.4 Å². The molecule has 0 spiro atoms. The van der Waals surface area contributed by atoms with Crippen LogP contribution in [0.3, 0.4) is 0 Å². The number of anilines is 1. The summed E-state index contributed by atoms with van der Waals surface area (Å²) < 4.78 is 38.4. The summed E-state index contributed by atoms with van der Waals surface area (Å²) in [5, 5.41) is 2.59. The second kappa shape index (κ2) is 8.20. The Morgan fingerprint density at radius 1 is 1.04 bits per heavy atom. The molecule has 2 aromatic carbocycles. The first kappa shape index (κ1) is 19.7. The van der Waals surface area contributed by atoms with Crippen LogP contribution in [0.1, 0.15) is 25.5 Å². The van der Waals surface area contributed by atoms with E-state index in [-0.39, 0.29) is 10.8 Å². The van der Waals surface area contributed by atoms with E-state index in [9.17, 15) is 13.2 Å². The van der Waals surface area contributed by atoms with Crippen molar-refractivity contribution in [1.82, 2.24) is 4.72 Å². The lowest BCUT2D eigenvalue weighted by molar-refractivity contribution is -0.114. The van der Waals surface area contributed by atoms with E-state index < -0.39 is 16.1 Å². The molecule has 0 bridgehead atoms. The van der Waals surface area contributed by atoms with Crippen molar-refractivity contribution in [1.29, 1.82) is 0 Å². The Labute approximate surface area is 153 Å². The molecule has 0 aromatic heterocycles. The number of amides is 1. The maximum Gasteiger partial charge on any atom is 0.241 e. The normalized spacial score (nSPS) is 12.3. The summed E-state index contributed by atoms with van der Waals surface area (Å²) in [5.41, 5.74) is 1.18. The first-order valence-corrected chi connectivity index (χ1v) is 9.37. The van der Waals surface area contributed by atoms with Crippen LogP contribution in [0.2, 0.25) is 0 Å². The number of methoxy groups -OCH3 is 2. The van der Waals surface area contributed by atoms with E-state index in [0.717, 1.165) is 0 Å². The number of ether oxygens (including phenoxy) is 2. The van der Waals surface area contributed by atoms with Crippen molar-refractivity contribution >= 4 is 21.6 Å². The summed E-state index contributed by atoms with van der Waals surface area (Å²) in [6, 6.07) is 10.6. The number of hydrogen-bond acceptors (Lipinski definition) is 5. The van der Waals surface area contributed by atoms with Gasteiger partial charge in [-0.15, -0.1) is 0 Å². The van der Waals surface area contributed by atoms with Crippen LogP contribution in [-0.2, 0) is 14.8 Å². The lowest BCUT2D eigenvalue weighted by Crippen LogP contribution is -2.27. The fourth-order valence-corrected chi connectivity index (χ4v) is 3.69. The molecule has 26 heavy (non-hydrogen) atoms. The summed E-state index contributed by atoms with van der Waals surface area (Å²) in [7, 11) is -0.697. The van der Waals surface area contributed by atoms with Gasteiger partial charge in [0.15, 0.2) is 0 Å². The topological polar surface area (TPSA) is 93.7 Å². The molecule has 0 heterocycles. The molecule has 0 aliphatic carbocycles. The van der Waals surface area contributed by atoms with Crippen molar-refractivity contribution in [3.8, 4) is 11.5 Å². The highest BCUT2D eigenvalue weighted by Crippen LogP contribution is 2.30. The van der Waals surface area contributed by atoms with E-state index >= 15 is 0 Å². The third kappa shape index (κ3) is 4.74. The molecule has 1 amide bonds. The minimum Gasteiger partial charge on any atom is -0.497 e. The third-order valence-electron chi connectivity index (χ3n) is 3.72. The van der Waals surface area contributed by atoms with Crippen LogP contribution in [0.15, 0.2) is 47.4 Å². The molecule has 140 valence electrons. The highest BCUT2D eigenvalue weighted by Gasteiger charge is 2.21. The number of nitrogens with one attached hydrogen (secondary N) is 2. The summed E-state index contributed by atoms with van der Waals surface area (Å²) in [6.07, 6.45) is 0. The van der Waals surface area contributed by atoms with E-state index in [2.05, 4.69) is 10.0 Å². The Balaban J connectivity index is 2.24. The summed E-state index contributed by atoms with van der Waals surface area (Å²) in [4.78, 5) is 11.1. The molecular formula is C18H22N2O5S. The lowest BCUT2D eigenvalue weighted by Gasteiger charge is -2.18. The van der Waals surface area contributed by atoms with Crippen molar-refractivity contribution in [3.63, 3.8) is 0 Å². The molecule has 0 unspecified atom stereocenters. The molecule has 0 aliphatic heterocycles. The van der Waals surface area contributed by atoms with Gasteiger partial charge in [-0.2, -0.15) is 0 Å². The van der Waals surface area contributed by atoms with E-state index in [1.807, 2.05) is 0 Å². The standard InChI is InChI=1S/C18H22N2O5S/c1-12(17-11-15(24-3)7-10-18(17)25-4)20-26(22,23)16-8-5-14(6-9-16)19-13(2)21/h5-12,20H,1-4H3,(H,19,21)/t12-/m0/s1. The van der Waals surface area contributed by atoms with Crippen molar-refractivity contribution in [3.05, 3.63) is 48.0 Å². The van der Waals surface area contributed by atoms with Crippen molar-refractivity contribution < 1.29 is 22.7 Å². The molecule has 0 saturated carbocycles. The van der Waals surface area contributed by atoms with Crippen LogP contribution in [-0.4, -0.2) is 28.5 Å². The second-order valence-corrected chi connectivity index (χ2v) is 7.37. The molecular weight excluding hydrogens is 356 g/mol. The summed E-state index contributed by atoms with van der Waals surface area (Å²) in [5.74, 6) is 0.936. The Hall–Kier alpha value is -2.58. The van der Waals surface area contributed by atoms with E-state index in [1.54, 1.807) is 25.1 Å². The minimum absolute atomic E-state index is 0.0975. The SMILES string of the molecule is COc1ccc(OC)c([C@H](C)NS(=O)(=O)c2ccc(NC(C)=O)cc2)c1. The van der Waals surface area contributed by atoms with Crippen LogP contribution in [0, 0.1) is 0 Å². The van der Waals surface area contributed by atoms with Gasteiger partial charge in [-0.25, -0.2) is 13.1 Å². The van der Waals surface area contributed by atoms with Crippen molar-refractivity contribution in [2.45, 2.75) is 24.8 Å². The smallest absolute Gasteiger partial charge is 0.241 e. The maximum absolute atomic E-state index is 12.6. The van der Waals surface area contributed by atoms with Gasteiger partial charge in [0.05, 0.1) is 19.1 Å². The van der Waals surface area contributed by atoms with Crippen LogP contribution < -0.4 is 19.5 Å². The van der Waals surface area contributed by atoms with Gasteiger partial charge >= 0.3 is 0 Å². The maximum atomic E-state index is 12.6. The predicted molar refractivity (Wildman–Crippen MR) is 99.0 cm³/mol. The Bertz CT molecular complexity index is 879. The number of hydrogen-bond donors (Lipinski definition) is 2. The largest absolute Gasteiger partial charge is 0.497 e. The number of rotatable bonds is 7. The van der Waals surface area contributed by atoms with Crippen molar-refractivity contribution in [2.24, 2.45) is 0 Å². The average Bonchev–Trinajstić information content (AvgIpc) is 2.60. The zero-order valence-electron chi connectivity index (χ0n) is 15.1. The molecule has 8 heteroatoms. The third-order valence-corrected chi connectivity index (χ3v) is 5.28. The van der Waals surface area contributed by atoms with Crippen molar-refractivity contribution in [2.75, 3.05) is 19.5 Å². The average molecular weight is 378 g/mol. The molecule has 2 N–H and O–H groups in total. The van der Waals surface area contributed by atoms with Crippen LogP contribution in [0.5, 0.6) is 11.5 Å². The van der Waals surface area contributed by atoms with Crippen LogP contribution in [0.4, 0.5) is 5.69 Å². The van der Waals surface area contributed by atoms with E-state index in [4.69, 9.17) is 9.47 Å². The summed E-state index contributed by atoms with van der Waals surface area (Å²) in [6.45, 7) is 3.11. The molecule has 2 rings (SSSR count). The highest BCUT2D eigenvalue weighted by atomic mass is 32.2. The fraction of sp³-hybridized carbons (Fsp3) is 0.278. The quantitative estimate of drug-likeness (QED) is 0.773. The molecule has 2 aromatic rings. The Kier molecular flexibility index (Phi) is 6.23. The van der Waals surface area contributed by atoms with Gasteiger partial charge in [0.1, 0.15) is 11.5 Å². The predicted octanol–water partition coefficient (Wildman–Crippen LogP) is 2.70. The molecule has 7 nitrogen and oxygen atoms in total. The lowest BCUT2D eigenvalue weighted by atomic mass is 10.1.